The number of hydrogen-bond acceptors (Lipinski definition) is 3. The average molecular weight is 316 g/mol. The lowest BCUT2D eigenvalue weighted by Crippen LogP contribution is -2.19. The molecule has 0 N–H and O–H groups in total. The molecule has 2 nitrogen and oxygen atoms in total. The summed E-state index contributed by atoms with van der Waals surface area (Å²) in [5.41, 5.74) is 0. The summed E-state index contributed by atoms with van der Waals surface area (Å²) in [6.45, 7) is 0.790. The number of hydrogen-bond donors (Lipinski definition) is 0. The Kier molecular flexibility index (Phi) is 3.41. The van der Waals surface area contributed by atoms with Gasteiger partial charge in [0.1, 0.15) is 5.75 Å². The standard InChI is InChI=1S/C18H17FO2S/c1-20-15-8-7-14-13-6-5-12(21-10-11-3-2-4-11)9-16(13)22-18(14)17(15)19/h5-9,11H,2-4,10H2,1H3. The lowest BCUT2D eigenvalue weighted by atomic mass is 9.86. The van der Waals surface area contributed by atoms with Crippen LogP contribution < -0.4 is 9.47 Å². The normalized spacial score (nSPS) is 15.2. The molecule has 4 rings (SSSR count). The van der Waals surface area contributed by atoms with Gasteiger partial charge in [0.2, 0.25) is 0 Å². The minimum atomic E-state index is -0.280. The summed E-state index contributed by atoms with van der Waals surface area (Å²) in [4.78, 5) is 0. The van der Waals surface area contributed by atoms with Crippen LogP contribution in [0.1, 0.15) is 19.3 Å². The molecule has 1 aliphatic carbocycles. The van der Waals surface area contributed by atoms with Crippen molar-refractivity contribution in [1.82, 2.24) is 0 Å². The van der Waals surface area contributed by atoms with Crippen molar-refractivity contribution in [3.8, 4) is 11.5 Å². The van der Waals surface area contributed by atoms with Gasteiger partial charge in [-0.3, -0.25) is 0 Å². The second-order valence-corrected chi connectivity index (χ2v) is 6.88. The summed E-state index contributed by atoms with van der Waals surface area (Å²) >= 11 is 1.45. The zero-order valence-electron chi connectivity index (χ0n) is 12.4. The van der Waals surface area contributed by atoms with Crippen molar-refractivity contribution in [2.75, 3.05) is 13.7 Å². The molecule has 1 aromatic heterocycles. The average Bonchev–Trinajstić information content (AvgIpc) is 2.85. The van der Waals surface area contributed by atoms with Gasteiger partial charge >= 0.3 is 0 Å². The van der Waals surface area contributed by atoms with E-state index in [4.69, 9.17) is 9.47 Å². The molecule has 2 aromatic carbocycles. The van der Waals surface area contributed by atoms with Crippen LogP contribution in [-0.2, 0) is 0 Å². The highest BCUT2D eigenvalue weighted by atomic mass is 32.1. The van der Waals surface area contributed by atoms with Crippen LogP contribution in [0.15, 0.2) is 30.3 Å². The highest BCUT2D eigenvalue weighted by Gasteiger charge is 2.18. The number of fused-ring (bicyclic) bond motifs is 3. The monoisotopic (exact) mass is 316 g/mol. The van der Waals surface area contributed by atoms with Crippen LogP contribution in [0.5, 0.6) is 11.5 Å². The first-order chi connectivity index (χ1) is 10.8. The fourth-order valence-electron chi connectivity index (χ4n) is 2.89. The number of thiophene rings is 1. The molecule has 1 saturated carbocycles. The third-order valence-electron chi connectivity index (χ3n) is 4.45. The Bertz CT molecular complexity index is 836. The highest BCUT2D eigenvalue weighted by molar-refractivity contribution is 7.25. The summed E-state index contributed by atoms with van der Waals surface area (Å²) in [6, 6.07) is 9.63. The smallest absolute Gasteiger partial charge is 0.182 e. The van der Waals surface area contributed by atoms with Crippen molar-refractivity contribution in [2.24, 2.45) is 5.92 Å². The zero-order valence-corrected chi connectivity index (χ0v) is 13.2. The lowest BCUT2D eigenvalue weighted by molar-refractivity contribution is 0.181. The van der Waals surface area contributed by atoms with Crippen LogP contribution in [0, 0.1) is 11.7 Å². The minimum Gasteiger partial charge on any atom is -0.494 e. The van der Waals surface area contributed by atoms with Crippen LogP contribution in [0.4, 0.5) is 4.39 Å². The van der Waals surface area contributed by atoms with E-state index >= 15 is 0 Å². The lowest BCUT2D eigenvalue weighted by Gasteiger charge is -2.25. The fourth-order valence-corrected chi connectivity index (χ4v) is 4.05. The second-order valence-electron chi connectivity index (χ2n) is 5.83. The SMILES string of the molecule is COc1ccc2c(sc3cc(OCC4CCC4)ccc32)c1F. The van der Waals surface area contributed by atoms with E-state index in [0.29, 0.717) is 16.4 Å². The third kappa shape index (κ3) is 2.22. The zero-order chi connectivity index (χ0) is 15.1. The van der Waals surface area contributed by atoms with Crippen LogP contribution >= 0.6 is 11.3 Å². The summed E-state index contributed by atoms with van der Waals surface area (Å²) in [6.07, 6.45) is 3.87. The Labute approximate surface area is 132 Å². The largest absolute Gasteiger partial charge is 0.494 e. The van der Waals surface area contributed by atoms with E-state index in [1.807, 2.05) is 24.3 Å². The first-order valence-corrected chi connectivity index (χ1v) is 8.39. The van der Waals surface area contributed by atoms with Gasteiger partial charge in [-0.2, -0.15) is 0 Å². The Morgan fingerprint density at radius 3 is 2.73 bits per heavy atom. The Balaban J connectivity index is 1.72. The first kappa shape index (κ1) is 13.8. The van der Waals surface area contributed by atoms with Crippen molar-refractivity contribution in [3.63, 3.8) is 0 Å². The molecular weight excluding hydrogens is 299 g/mol. The van der Waals surface area contributed by atoms with E-state index < -0.39 is 0 Å². The summed E-state index contributed by atoms with van der Waals surface area (Å²) in [5, 5.41) is 2.00. The molecule has 22 heavy (non-hydrogen) atoms. The van der Waals surface area contributed by atoms with Gasteiger partial charge in [-0.05, 0) is 49.1 Å². The fraction of sp³-hybridized carbons (Fsp3) is 0.333. The van der Waals surface area contributed by atoms with E-state index in [9.17, 15) is 4.39 Å². The molecule has 0 unspecified atom stereocenters. The number of ether oxygens (including phenoxy) is 2. The van der Waals surface area contributed by atoms with Crippen LogP contribution in [0.25, 0.3) is 20.2 Å². The third-order valence-corrected chi connectivity index (χ3v) is 5.61. The maximum atomic E-state index is 14.4. The molecule has 1 aliphatic rings. The van der Waals surface area contributed by atoms with Gasteiger partial charge < -0.3 is 9.47 Å². The molecule has 4 heteroatoms. The van der Waals surface area contributed by atoms with Crippen LogP contribution in [-0.4, -0.2) is 13.7 Å². The molecule has 1 heterocycles. The molecule has 0 atom stereocenters. The number of benzene rings is 2. The second kappa shape index (κ2) is 5.43. The van der Waals surface area contributed by atoms with E-state index in [0.717, 1.165) is 27.8 Å². The van der Waals surface area contributed by atoms with Gasteiger partial charge in [0, 0.05) is 15.5 Å². The molecule has 0 radical (unpaired) electrons. The summed E-state index contributed by atoms with van der Waals surface area (Å²) in [7, 11) is 1.49. The molecule has 0 bridgehead atoms. The van der Waals surface area contributed by atoms with Crippen molar-refractivity contribution < 1.29 is 13.9 Å². The van der Waals surface area contributed by atoms with E-state index in [-0.39, 0.29) is 5.82 Å². The van der Waals surface area contributed by atoms with Crippen LogP contribution in [0.3, 0.4) is 0 Å². The van der Waals surface area contributed by atoms with E-state index in [1.165, 1.54) is 37.7 Å². The van der Waals surface area contributed by atoms with Crippen molar-refractivity contribution in [1.29, 1.82) is 0 Å². The Morgan fingerprint density at radius 2 is 2.00 bits per heavy atom. The first-order valence-electron chi connectivity index (χ1n) is 7.58. The molecule has 114 valence electrons. The predicted molar refractivity (Wildman–Crippen MR) is 88.7 cm³/mol. The quantitative estimate of drug-likeness (QED) is 0.643. The van der Waals surface area contributed by atoms with Crippen molar-refractivity contribution in [3.05, 3.63) is 36.1 Å². The maximum absolute atomic E-state index is 14.4. The van der Waals surface area contributed by atoms with E-state index in [2.05, 4.69) is 0 Å². The summed E-state index contributed by atoms with van der Waals surface area (Å²) < 4.78 is 27.0. The molecule has 0 amide bonds. The molecule has 0 aliphatic heterocycles. The number of rotatable bonds is 4. The highest BCUT2D eigenvalue weighted by Crippen LogP contribution is 2.40. The van der Waals surface area contributed by atoms with E-state index in [1.54, 1.807) is 6.07 Å². The predicted octanol–water partition coefficient (Wildman–Crippen LogP) is 5.38. The maximum Gasteiger partial charge on any atom is 0.182 e. The van der Waals surface area contributed by atoms with Crippen molar-refractivity contribution in [2.45, 2.75) is 19.3 Å². The molecule has 1 fully saturated rings. The Hall–Kier alpha value is -1.81. The number of halogens is 1. The summed E-state index contributed by atoms with van der Waals surface area (Å²) in [5.74, 6) is 1.59. The van der Waals surface area contributed by atoms with Gasteiger partial charge in [0.25, 0.3) is 0 Å². The minimum absolute atomic E-state index is 0.280. The Morgan fingerprint density at radius 1 is 1.18 bits per heavy atom. The van der Waals surface area contributed by atoms with Crippen LogP contribution in [0.2, 0.25) is 0 Å². The molecule has 0 spiro atoms. The van der Waals surface area contributed by atoms with Gasteiger partial charge in [-0.15, -0.1) is 11.3 Å². The van der Waals surface area contributed by atoms with Gasteiger partial charge in [-0.25, -0.2) is 4.39 Å². The topological polar surface area (TPSA) is 18.5 Å². The molecular formula is C18H17FO2S. The molecule has 0 saturated heterocycles. The molecule has 3 aromatic rings. The number of methoxy groups -OCH3 is 1. The van der Waals surface area contributed by atoms with Crippen molar-refractivity contribution >= 4 is 31.5 Å². The van der Waals surface area contributed by atoms with Gasteiger partial charge in [0.15, 0.2) is 11.6 Å². The van der Waals surface area contributed by atoms with Gasteiger partial charge in [0.05, 0.1) is 18.4 Å². The van der Waals surface area contributed by atoms with Gasteiger partial charge in [-0.1, -0.05) is 6.42 Å².